The molecule has 2 aromatic heterocycles. The van der Waals surface area contributed by atoms with Crippen molar-refractivity contribution >= 4 is 26.8 Å². The molecule has 0 aliphatic heterocycles. The standard InChI is InChI=1S/C7H8N4S/c1-11(8)7-10-5-3-2-4-9-6(5)12-7/h2-4H,8H2,1H3. The van der Waals surface area contributed by atoms with Crippen LogP contribution in [0.5, 0.6) is 0 Å². The quantitative estimate of drug-likeness (QED) is 0.525. The van der Waals surface area contributed by atoms with Crippen LogP contribution in [-0.4, -0.2) is 17.0 Å². The van der Waals surface area contributed by atoms with E-state index in [2.05, 4.69) is 9.97 Å². The number of hydrazine groups is 1. The number of nitrogens with zero attached hydrogens (tertiary/aromatic N) is 3. The van der Waals surface area contributed by atoms with Gasteiger partial charge in [-0.05, 0) is 12.1 Å². The molecule has 0 radical (unpaired) electrons. The van der Waals surface area contributed by atoms with Gasteiger partial charge in [0, 0.05) is 13.2 Å². The molecule has 0 amide bonds. The Balaban J connectivity index is 2.62. The lowest BCUT2D eigenvalue weighted by Crippen LogP contribution is -2.24. The van der Waals surface area contributed by atoms with Crippen molar-refractivity contribution < 1.29 is 0 Å². The molecule has 0 aliphatic rings. The molecule has 2 rings (SSSR count). The lowest BCUT2D eigenvalue weighted by atomic mass is 10.5. The molecule has 2 N–H and O–H groups in total. The summed E-state index contributed by atoms with van der Waals surface area (Å²) < 4.78 is 0. The van der Waals surface area contributed by atoms with E-state index in [9.17, 15) is 0 Å². The Hall–Kier alpha value is -1.20. The zero-order valence-corrected chi connectivity index (χ0v) is 7.38. The summed E-state index contributed by atoms with van der Waals surface area (Å²) in [6, 6.07) is 3.79. The van der Waals surface area contributed by atoms with E-state index in [1.165, 1.54) is 16.3 Å². The third-order valence-electron chi connectivity index (χ3n) is 1.46. The number of fused-ring (bicyclic) bond motifs is 1. The van der Waals surface area contributed by atoms with Gasteiger partial charge in [0.2, 0.25) is 5.13 Å². The minimum absolute atomic E-state index is 0.781. The van der Waals surface area contributed by atoms with E-state index in [1.54, 1.807) is 13.2 Å². The topological polar surface area (TPSA) is 55.0 Å². The zero-order valence-electron chi connectivity index (χ0n) is 6.56. The molecule has 2 aromatic rings. The summed E-state index contributed by atoms with van der Waals surface area (Å²) in [4.78, 5) is 9.35. The maximum Gasteiger partial charge on any atom is 0.202 e. The van der Waals surface area contributed by atoms with E-state index in [-0.39, 0.29) is 0 Å². The van der Waals surface area contributed by atoms with Crippen molar-refractivity contribution in [2.45, 2.75) is 0 Å². The Morgan fingerprint density at radius 2 is 2.42 bits per heavy atom. The Morgan fingerprint density at radius 3 is 3.08 bits per heavy atom. The van der Waals surface area contributed by atoms with Crippen LogP contribution >= 0.6 is 11.3 Å². The monoisotopic (exact) mass is 180 g/mol. The number of rotatable bonds is 1. The SMILES string of the molecule is CN(N)c1nc2cccnc2s1. The summed E-state index contributed by atoms with van der Waals surface area (Å²) in [6.07, 6.45) is 1.75. The highest BCUT2D eigenvalue weighted by Crippen LogP contribution is 2.24. The predicted octanol–water partition coefficient (Wildman–Crippen LogP) is 1.00. The lowest BCUT2D eigenvalue weighted by Gasteiger charge is -2.04. The van der Waals surface area contributed by atoms with E-state index < -0.39 is 0 Å². The minimum Gasteiger partial charge on any atom is -0.289 e. The van der Waals surface area contributed by atoms with Gasteiger partial charge in [-0.15, -0.1) is 0 Å². The average Bonchev–Trinajstić information content (AvgIpc) is 2.46. The van der Waals surface area contributed by atoms with Gasteiger partial charge < -0.3 is 0 Å². The molecule has 0 bridgehead atoms. The van der Waals surface area contributed by atoms with E-state index >= 15 is 0 Å². The van der Waals surface area contributed by atoms with Crippen LogP contribution in [0.25, 0.3) is 10.3 Å². The number of pyridine rings is 1. The van der Waals surface area contributed by atoms with Crippen LogP contribution in [0.2, 0.25) is 0 Å². The summed E-state index contributed by atoms with van der Waals surface area (Å²) in [5.41, 5.74) is 0.898. The van der Waals surface area contributed by atoms with E-state index in [0.29, 0.717) is 0 Å². The van der Waals surface area contributed by atoms with E-state index in [0.717, 1.165) is 15.5 Å². The highest BCUT2D eigenvalue weighted by molar-refractivity contribution is 7.21. The smallest absolute Gasteiger partial charge is 0.202 e. The number of aromatic nitrogens is 2. The Bertz CT molecular complexity index is 362. The first-order valence-corrected chi connectivity index (χ1v) is 4.29. The fourth-order valence-corrected chi connectivity index (χ4v) is 1.70. The van der Waals surface area contributed by atoms with Crippen molar-refractivity contribution in [1.29, 1.82) is 0 Å². The molecule has 0 unspecified atom stereocenters. The van der Waals surface area contributed by atoms with Crippen molar-refractivity contribution in [3.63, 3.8) is 0 Å². The number of thiazole rings is 1. The van der Waals surface area contributed by atoms with Gasteiger partial charge in [-0.3, -0.25) is 5.01 Å². The summed E-state index contributed by atoms with van der Waals surface area (Å²) >= 11 is 1.48. The first kappa shape index (κ1) is 7.45. The van der Waals surface area contributed by atoms with Crippen molar-refractivity contribution in [1.82, 2.24) is 9.97 Å². The predicted molar refractivity (Wildman–Crippen MR) is 50.0 cm³/mol. The number of anilines is 1. The molecule has 0 aromatic carbocycles. The number of hydrogen-bond acceptors (Lipinski definition) is 5. The first-order chi connectivity index (χ1) is 5.77. The van der Waals surface area contributed by atoms with Crippen molar-refractivity contribution in [3.8, 4) is 0 Å². The van der Waals surface area contributed by atoms with Gasteiger partial charge in [0.15, 0.2) is 0 Å². The minimum atomic E-state index is 0.781. The van der Waals surface area contributed by atoms with Crippen LogP contribution < -0.4 is 10.9 Å². The maximum absolute atomic E-state index is 5.53. The van der Waals surface area contributed by atoms with E-state index in [1.807, 2.05) is 12.1 Å². The van der Waals surface area contributed by atoms with Gasteiger partial charge >= 0.3 is 0 Å². The molecular weight excluding hydrogens is 172 g/mol. The third-order valence-corrected chi connectivity index (χ3v) is 2.53. The van der Waals surface area contributed by atoms with E-state index in [4.69, 9.17) is 5.84 Å². The molecule has 2 heterocycles. The maximum atomic E-state index is 5.53. The second-order valence-electron chi connectivity index (χ2n) is 2.44. The van der Waals surface area contributed by atoms with Gasteiger partial charge in [-0.25, -0.2) is 15.8 Å². The van der Waals surface area contributed by atoms with Crippen LogP contribution in [0, 0.1) is 0 Å². The largest absolute Gasteiger partial charge is 0.289 e. The average molecular weight is 180 g/mol. The van der Waals surface area contributed by atoms with Crippen LogP contribution in [0.3, 0.4) is 0 Å². The summed E-state index contributed by atoms with van der Waals surface area (Å²) in [6.45, 7) is 0. The van der Waals surface area contributed by atoms with Crippen LogP contribution in [0.1, 0.15) is 0 Å². The van der Waals surface area contributed by atoms with Crippen molar-refractivity contribution in [2.24, 2.45) is 5.84 Å². The molecule has 0 saturated heterocycles. The summed E-state index contributed by atoms with van der Waals surface area (Å²) in [7, 11) is 1.76. The Morgan fingerprint density at radius 1 is 1.58 bits per heavy atom. The highest BCUT2D eigenvalue weighted by Gasteiger charge is 2.04. The lowest BCUT2D eigenvalue weighted by molar-refractivity contribution is 1.01. The molecule has 0 atom stereocenters. The molecular formula is C7H8N4S. The normalized spacial score (nSPS) is 10.5. The number of nitrogens with two attached hydrogens (primary N) is 1. The molecule has 62 valence electrons. The van der Waals surface area contributed by atoms with Crippen LogP contribution in [0.15, 0.2) is 18.3 Å². The zero-order chi connectivity index (χ0) is 8.55. The van der Waals surface area contributed by atoms with Gasteiger partial charge in [0.05, 0.1) is 0 Å². The Kier molecular flexibility index (Phi) is 1.67. The number of hydrogen-bond donors (Lipinski definition) is 1. The van der Waals surface area contributed by atoms with Crippen LogP contribution in [0.4, 0.5) is 5.13 Å². The highest BCUT2D eigenvalue weighted by atomic mass is 32.1. The van der Waals surface area contributed by atoms with Crippen molar-refractivity contribution in [2.75, 3.05) is 12.1 Å². The fraction of sp³-hybridized carbons (Fsp3) is 0.143. The van der Waals surface area contributed by atoms with Gasteiger partial charge in [-0.2, -0.15) is 0 Å². The molecule has 0 saturated carbocycles. The third kappa shape index (κ3) is 1.13. The summed E-state index contributed by atoms with van der Waals surface area (Å²) in [5, 5.41) is 2.27. The fourth-order valence-electron chi connectivity index (χ4n) is 0.909. The first-order valence-electron chi connectivity index (χ1n) is 3.47. The van der Waals surface area contributed by atoms with Gasteiger partial charge in [-0.1, -0.05) is 11.3 Å². The second kappa shape index (κ2) is 2.69. The Labute approximate surface area is 73.6 Å². The van der Waals surface area contributed by atoms with Crippen molar-refractivity contribution in [3.05, 3.63) is 18.3 Å². The summed E-state index contributed by atoms with van der Waals surface area (Å²) in [5.74, 6) is 5.53. The van der Waals surface area contributed by atoms with Gasteiger partial charge in [0.1, 0.15) is 10.3 Å². The van der Waals surface area contributed by atoms with Gasteiger partial charge in [0.25, 0.3) is 0 Å². The molecule has 4 nitrogen and oxygen atoms in total. The molecule has 0 fully saturated rings. The molecule has 5 heteroatoms. The molecule has 0 aliphatic carbocycles. The molecule has 12 heavy (non-hydrogen) atoms. The second-order valence-corrected chi connectivity index (χ2v) is 3.39. The van der Waals surface area contributed by atoms with Crippen LogP contribution in [-0.2, 0) is 0 Å². The molecule has 0 spiro atoms.